The van der Waals surface area contributed by atoms with Crippen LogP contribution in [0.15, 0.2) is 6.20 Å². The molecule has 0 amide bonds. The number of hydrogen-bond acceptors (Lipinski definition) is 3. The molecule has 4 nitrogen and oxygen atoms in total. The minimum atomic E-state index is 0.717. The predicted molar refractivity (Wildman–Crippen MR) is 60.7 cm³/mol. The lowest BCUT2D eigenvalue weighted by atomic mass is 10.1. The van der Waals surface area contributed by atoms with Crippen molar-refractivity contribution in [3.63, 3.8) is 0 Å². The zero-order valence-electron chi connectivity index (χ0n) is 9.82. The highest BCUT2D eigenvalue weighted by molar-refractivity contribution is 5.16. The van der Waals surface area contributed by atoms with E-state index in [1.54, 1.807) is 0 Å². The smallest absolute Gasteiger partial charge is 0.0537 e. The van der Waals surface area contributed by atoms with Gasteiger partial charge in [0.1, 0.15) is 0 Å². The summed E-state index contributed by atoms with van der Waals surface area (Å²) < 4.78 is 1.95. The van der Waals surface area contributed by atoms with E-state index in [0.29, 0.717) is 0 Å². The molecule has 0 spiro atoms. The van der Waals surface area contributed by atoms with Crippen molar-refractivity contribution in [2.45, 2.75) is 26.4 Å². The molecule has 1 aromatic rings. The van der Waals surface area contributed by atoms with Gasteiger partial charge in [-0.15, -0.1) is 0 Å². The lowest BCUT2D eigenvalue weighted by Crippen LogP contribution is -2.56. The van der Waals surface area contributed by atoms with Crippen LogP contribution in [0.25, 0.3) is 0 Å². The Balaban J connectivity index is 2.02. The van der Waals surface area contributed by atoms with E-state index in [1.807, 2.05) is 17.9 Å². The summed E-state index contributed by atoms with van der Waals surface area (Å²) in [5, 5.41) is 7.60. The molecular weight excluding hydrogens is 188 g/mol. The number of aryl methyl sites for hydroxylation is 1. The van der Waals surface area contributed by atoms with Gasteiger partial charge in [-0.25, -0.2) is 0 Å². The first-order valence-corrected chi connectivity index (χ1v) is 5.64. The second kappa shape index (κ2) is 4.33. The molecule has 0 unspecified atom stereocenters. The molecule has 0 aromatic carbocycles. The Morgan fingerprint density at radius 2 is 2.33 bits per heavy atom. The fourth-order valence-electron chi connectivity index (χ4n) is 1.95. The Hall–Kier alpha value is -0.870. The summed E-state index contributed by atoms with van der Waals surface area (Å²) in [7, 11) is 2.00. The average molecular weight is 208 g/mol. The van der Waals surface area contributed by atoms with Crippen LogP contribution in [-0.4, -0.2) is 40.4 Å². The highest BCUT2D eigenvalue weighted by Crippen LogP contribution is 2.13. The van der Waals surface area contributed by atoms with Gasteiger partial charge in [0.15, 0.2) is 0 Å². The first-order valence-electron chi connectivity index (χ1n) is 5.64. The molecule has 0 saturated carbocycles. The van der Waals surface area contributed by atoms with Gasteiger partial charge in [-0.05, 0) is 13.5 Å². The molecular formula is C11H20N4. The van der Waals surface area contributed by atoms with Gasteiger partial charge in [-0.2, -0.15) is 5.10 Å². The van der Waals surface area contributed by atoms with Gasteiger partial charge in [0.2, 0.25) is 0 Å². The van der Waals surface area contributed by atoms with Crippen LogP contribution in [0.1, 0.15) is 18.2 Å². The van der Waals surface area contributed by atoms with Crippen LogP contribution in [0, 0.1) is 6.92 Å². The van der Waals surface area contributed by atoms with Gasteiger partial charge in [0, 0.05) is 44.0 Å². The summed E-state index contributed by atoms with van der Waals surface area (Å²) >= 11 is 0. The maximum atomic E-state index is 4.28. The molecule has 0 atom stereocenters. The summed E-state index contributed by atoms with van der Waals surface area (Å²) in [5.74, 6) is 0. The monoisotopic (exact) mass is 208 g/mol. The molecule has 84 valence electrons. The van der Waals surface area contributed by atoms with Gasteiger partial charge < -0.3 is 5.32 Å². The van der Waals surface area contributed by atoms with Crippen molar-refractivity contribution >= 4 is 0 Å². The minimum absolute atomic E-state index is 0.717. The van der Waals surface area contributed by atoms with Gasteiger partial charge in [-0.1, -0.05) is 6.92 Å². The number of hydrogen-bond donors (Lipinski definition) is 1. The number of nitrogens with one attached hydrogen (secondary N) is 1. The molecule has 15 heavy (non-hydrogen) atoms. The third-order valence-electron chi connectivity index (χ3n) is 3.39. The molecule has 0 bridgehead atoms. The second-order valence-electron chi connectivity index (χ2n) is 4.25. The molecule has 2 heterocycles. The van der Waals surface area contributed by atoms with Crippen LogP contribution in [0.3, 0.4) is 0 Å². The zero-order chi connectivity index (χ0) is 10.8. The zero-order valence-corrected chi connectivity index (χ0v) is 9.82. The van der Waals surface area contributed by atoms with E-state index in [-0.39, 0.29) is 0 Å². The van der Waals surface area contributed by atoms with E-state index in [2.05, 4.69) is 29.2 Å². The molecule has 1 saturated heterocycles. The molecule has 4 heteroatoms. The van der Waals surface area contributed by atoms with Crippen molar-refractivity contribution in [3.8, 4) is 0 Å². The molecule has 1 aliphatic rings. The first-order chi connectivity index (χ1) is 7.22. The van der Waals surface area contributed by atoms with E-state index < -0.39 is 0 Å². The Kier molecular flexibility index (Phi) is 3.07. The molecule has 0 aliphatic carbocycles. The third kappa shape index (κ3) is 2.06. The van der Waals surface area contributed by atoms with Crippen molar-refractivity contribution in [1.82, 2.24) is 20.0 Å². The Labute approximate surface area is 91.3 Å². The summed E-state index contributed by atoms with van der Waals surface area (Å²) in [4.78, 5) is 2.51. The van der Waals surface area contributed by atoms with Gasteiger partial charge in [0.05, 0.1) is 6.20 Å². The number of likely N-dealkylation sites (N-methyl/N-ethyl adjacent to an activating group) is 1. The largest absolute Gasteiger partial charge is 0.314 e. The maximum Gasteiger partial charge on any atom is 0.0537 e. The SMILES string of the molecule is CCN(Cc1cnn(C)c1C)C1CNC1. The fraction of sp³-hybridized carbons (Fsp3) is 0.727. The fourth-order valence-corrected chi connectivity index (χ4v) is 1.95. The molecule has 1 aromatic heterocycles. The normalized spacial score (nSPS) is 17.1. The van der Waals surface area contributed by atoms with E-state index in [4.69, 9.17) is 0 Å². The summed E-state index contributed by atoms with van der Waals surface area (Å²) in [5.41, 5.74) is 2.63. The number of rotatable bonds is 4. The third-order valence-corrected chi connectivity index (χ3v) is 3.39. The predicted octanol–water partition coefficient (Wildman–Crippen LogP) is 0.522. The van der Waals surface area contributed by atoms with Gasteiger partial charge >= 0.3 is 0 Å². The highest BCUT2D eigenvalue weighted by Gasteiger charge is 2.23. The highest BCUT2D eigenvalue weighted by atomic mass is 15.3. The topological polar surface area (TPSA) is 33.1 Å². The van der Waals surface area contributed by atoms with Crippen molar-refractivity contribution in [2.75, 3.05) is 19.6 Å². The van der Waals surface area contributed by atoms with Crippen molar-refractivity contribution in [1.29, 1.82) is 0 Å². The molecule has 2 rings (SSSR count). The number of aromatic nitrogens is 2. The van der Waals surface area contributed by atoms with E-state index in [1.165, 1.54) is 11.3 Å². The van der Waals surface area contributed by atoms with Crippen LogP contribution in [0.4, 0.5) is 0 Å². The second-order valence-corrected chi connectivity index (χ2v) is 4.25. The lowest BCUT2D eigenvalue weighted by molar-refractivity contribution is 0.145. The summed E-state index contributed by atoms with van der Waals surface area (Å²) in [6, 6.07) is 0.717. The quantitative estimate of drug-likeness (QED) is 0.783. The average Bonchev–Trinajstić information content (AvgIpc) is 2.45. The Bertz CT molecular complexity index is 327. The van der Waals surface area contributed by atoms with Crippen LogP contribution in [0.2, 0.25) is 0 Å². The summed E-state index contributed by atoms with van der Waals surface area (Å²) in [6.07, 6.45) is 1.99. The maximum absolute atomic E-state index is 4.28. The Morgan fingerprint density at radius 1 is 1.60 bits per heavy atom. The lowest BCUT2D eigenvalue weighted by Gasteiger charge is -2.37. The molecule has 1 aliphatic heterocycles. The van der Waals surface area contributed by atoms with Crippen LogP contribution in [-0.2, 0) is 13.6 Å². The molecule has 0 radical (unpaired) electrons. The van der Waals surface area contributed by atoms with Gasteiger partial charge in [-0.3, -0.25) is 9.58 Å². The van der Waals surface area contributed by atoms with Crippen LogP contribution in [0.5, 0.6) is 0 Å². The standard InChI is InChI=1S/C11H20N4/c1-4-15(11-6-12-7-11)8-10-5-13-14(3)9(10)2/h5,11-12H,4,6-8H2,1-3H3. The van der Waals surface area contributed by atoms with E-state index in [0.717, 1.165) is 32.2 Å². The van der Waals surface area contributed by atoms with E-state index in [9.17, 15) is 0 Å². The number of nitrogens with zero attached hydrogens (tertiary/aromatic N) is 3. The molecule has 1 N–H and O–H groups in total. The van der Waals surface area contributed by atoms with Crippen molar-refractivity contribution in [2.24, 2.45) is 7.05 Å². The van der Waals surface area contributed by atoms with Crippen molar-refractivity contribution in [3.05, 3.63) is 17.5 Å². The van der Waals surface area contributed by atoms with E-state index >= 15 is 0 Å². The van der Waals surface area contributed by atoms with Gasteiger partial charge in [0.25, 0.3) is 0 Å². The molecule has 1 fully saturated rings. The minimum Gasteiger partial charge on any atom is -0.314 e. The Morgan fingerprint density at radius 3 is 2.73 bits per heavy atom. The van der Waals surface area contributed by atoms with Crippen molar-refractivity contribution < 1.29 is 0 Å². The van der Waals surface area contributed by atoms with Crippen LogP contribution >= 0.6 is 0 Å². The summed E-state index contributed by atoms with van der Waals surface area (Å²) in [6.45, 7) is 8.77. The van der Waals surface area contributed by atoms with Crippen LogP contribution < -0.4 is 5.32 Å². The first kappa shape index (κ1) is 10.6.